The van der Waals surface area contributed by atoms with E-state index in [2.05, 4.69) is 20.6 Å². The van der Waals surface area contributed by atoms with Gasteiger partial charge in [-0.1, -0.05) is 5.21 Å². The Hall–Kier alpha value is -5.22. The molecule has 3 heterocycles. The quantitative estimate of drug-likeness (QED) is 0.231. The fourth-order valence-corrected chi connectivity index (χ4v) is 5.24. The number of hydrogen-bond donors (Lipinski definition) is 3. The third-order valence-corrected chi connectivity index (χ3v) is 7.68. The topological polar surface area (TPSA) is 174 Å². The molecule has 0 aliphatic carbocycles. The largest absolute Gasteiger partial charge is 0.497 e. The summed E-state index contributed by atoms with van der Waals surface area (Å²) in [7, 11) is 2.99. The van der Waals surface area contributed by atoms with Crippen LogP contribution in [0.1, 0.15) is 40.3 Å². The number of hydrogen-bond acceptors (Lipinski definition) is 9. The number of aliphatic hydroxyl groups excluding tert-OH is 1. The number of aromatic nitrogens is 5. The molecule has 1 saturated heterocycles. The van der Waals surface area contributed by atoms with E-state index in [-0.39, 0.29) is 29.7 Å². The smallest absolute Gasteiger partial charge is 0.330 e. The Kier molecular flexibility index (Phi) is 9.39. The number of aryl methyl sites for hydroxylation is 1. The van der Waals surface area contributed by atoms with Crippen LogP contribution < -0.4 is 26.2 Å². The van der Waals surface area contributed by atoms with Crippen molar-refractivity contribution in [2.75, 3.05) is 25.7 Å². The highest BCUT2D eigenvalue weighted by Crippen LogP contribution is 2.35. The van der Waals surface area contributed by atoms with Crippen LogP contribution in [-0.4, -0.2) is 74.4 Å². The standard InChI is InChI=1S/C30H31F2N7O7/c1-16-13-38(30(44)34-27(16)41)26-12-24(25(15-40)46-26)39-14-23(35-36-39)28(42)33-22(10-17-8-18(31)11-19(32)9-17)29(43)37(2)20-4-6-21(45-3)7-5-20/h4-9,11,13-14,22,24-26,40H,10,12,15H2,1-3H3,(H,33,42)(H,34,41,44). The van der Waals surface area contributed by atoms with Crippen molar-refractivity contribution in [2.24, 2.45) is 0 Å². The van der Waals surface area contributed by atoms with Crippen molar-refractivity contribution in [3.05, 3.63) is 104 Å². The molecule has 4 aromatic rings. The van der Waals surface area contributed by atoms with Crippen LogP contribution in [0.4, 0.5) is 14.5 Å². The normalized spacial score (nSPS) is 18.3. The summed E-state index contributed by atoms with van der Waals surface area (Å²) < 4.78 is 41.5. The molecule has 0 bridgehead atoms. The van der Waals surface area contributed by atoms with Gasteiger partial charge in [0.1, 0.15) is 35.8 Å². The first-order valence-electron chi connectivity index (χ1n) is 14.1. The maximum Gasteiger partial charge on any atom is 0.330 e. The van der Waals surface area contributed by atoms with Crippen LogP contribution in [0.2, 0.25) is 0 Å². The summed E-state index contributed by atoms with van der Waals surface area (Å²) in [5, 5.41) is 20.5. The van der Waals surface area contributed by atoms with Gasteiger partial charge in [-0.05, 0) is 48.9 Å². The Morgan fingerprint density at radius 3 is 2.52 bits per heavy atom. The number of likely N-dealkylation sites (N-methyl/N-ethyl adjacent to an activating group) is 1. The molecule has 1 fully saturated rings. The summed E-state index contributed by atoms with van der Waals surface area (Å²) in [6.45, 7) is 1.09. The molecule has 14 nitrogen and oxygen atoms in total. The van der Waals surface area contributed by atoms with Crippen LogP contribution in [0.15, 0.2) is 64.4 Å². The summed E-state index contributed by atoms with van der Waals surface area (Å²) >= 11 is 0. The van der Waals surface area contributed by atoms with Crippen LogP contribution in [0.5, 0.6) is 5.75 Å². The summed E-state index contributed by atoms with van der Waals surface area (Å²) in [5.41, 5.74) is -0.511. The van der Waals surface area contributed by atoms with Gasteiger partial charge in [0.15, 0.2) is 5.69 Å². The van der Waals surface area contributed by atoms with E-state index < -0.39 is 65.7 Å². The predicted octanol–water partition coefficient (Wildman–Crippen LogP) is 1.25. The Bertz CT molecular complexity index is 1840. The minimum atomic E-state index is -1.27. The van der Waals surface area contributed by atoms with E-state index in [1.807, 2.05) is 0 Å². The Labute approximate surface area is 260 Å². The van der Waals surface area contributed by atoms with Crippen LogP contribution in [0.3, 0.4) is 0 Å². The number of methoxy groups -OCH3 is 1. The van der Waals surface area contributed by atoms with Crippen LogP contribution in [0, 0.1) is 18.6 Å². The molecule has 242 valence electrons. The predicted molar refractivity (Wildman–Crippen MR) is 158 cm³/mol. The lowest BCUT2D eigenvalue weighted by molar-refractivity contribution is -0.120. The number of ether oxygens (including phenoxy) is 2. The fraction of sp³-hybridized carbons (Fsp3) is 0.333. The van der Waals surface area contributed by atoms with Crippen molar-refractivity contribution >= 4 is 17.5 Å². The Morgan fingerprint density at radius 2 is 1.87 bits per heavy atom. The molecular weight excluding hydrogens is 608 g/mol. The van der Waals surface area contributed by atoms with Gasteiger partial charge in [-0.15, -0.1) is 5.10 Å². The van der Waals surface area contributed by atoms with Crippen molar-refractivity contribution < 1.29 is 33.0 Å². The molecule has 1 aliphatic rings. The number of aliphatic hydroxyl groups is 1. The summed E-state index contributed by atoms with van der Waals surface area (Å²) in [5.74, 6) is -2.49. The Morgan fingerprint density at radius 1 is 1.17 bits per heavy atom. The molecule has 1 aliphatic heterocycles. The van der Waals surface area contributed by atoms with Gasteiger partial charge in [0, 0.05) is 43.4 Å². The number of nitrogens with zero attached hydrogens (tertiary/aromatic N) is 5. The molecule has 0 radical (unpaired) electrons. The third-order valence-electron chi connectivity index (χ3n) is 7.68. The van der Waals surface area contributed by atoms with Crippen LogP contribution in [0.25, 0.3) is 0 Å². The molecule has 4 atom stereocenters. The highest BCUT2D eigenvalue weighted by atomic mass is 19.1. The second kappa shape index (κ2) is 13.4. The van der Waals surface area contributed by atoms with Crippen molar-refractivity contribution in [3.63, 3.8) is 0 Å². The highest BCUT2D eigenvalue weighted by molar-refractivity contribution is 6.01. The molecule has 4 unspecified atom stereocenters. The third kappa shape index (κ3) is 6.87. The average Bonchev–Trinajstić information content (AvgIpc) is 3.69. The van der Waals surface area contributed by atoms with E-state index in [0.29, 0.717) is 17.5 Å². The van der Waals surface area contributed by atoms with Gasteiger partial charge in [-0.25, -0.2) is 18.3 Å². The first kappa shape index (κ1) is 32.2. The van der Waals surface area contributed by atoms with Crippen molar-refractivity contribution in [1.82, 2.24) is 29.9 Å². The minimum absolute atomic E-state index is 0.135. The van der Waals surface area contributed by atoms with Crippen LogP contribution in [-0.2, 0) is 16.0 Å². The van der Waals surface area contributed by atoms with Gasteiger partial charge in [-0.2, -0.15) is 0 Å². The van der Waals surface area contributed by atoms with Crippen molar-refractivity contribution in [2.45, 2.75) is 44.2 Å². The monoisotopic (exact) mass is 639 g/mol. The van der Waals surface area contributed by atoms with Gasteiger partial charge in [0.05, 0.1) is 26.0 Å². The molecule has 46 heavy (non-hydrogen) atoms. The summed E-state index contributed by atoms with van der Waals surface area (Å²) in [4.78, 5) is 54.7. The molecule has 2 aromatic heterocycles. The average molecular weight is 640 g/mol. The zero-order valence-electron chi connectivity index (χ0n) is 25.0. The van der Waals surface area contributed by atoms with E-state index in [0.717, 1.165) is 12.1 Å². The van der Waals surface area contributed by atoms with Gasteiger partial charge >= 0.3 is 5.69 Å². The van der Waals surface area contributed by atoms with Crippen molar-refractivity contribution in [1.29, 1.82) is 0 Å². The maximum atomic E-state index is 14.0. The molecule has 3 N–H and O–H groups in total. The zero-order valence-corrected chi connectivity index (χ0v) is 25.0. The number of nitrogens with one attached hydrogen (secondary N) is 2. The van der Waals surface area contributed by atoms with Gasteiger partial charge in [0.25, 0.3) is 11.5 Å². The SMILES string of the molecule is COc1ccc(N(C)C(=O)C(Cc2cc(F)cc(F)c2)NC(=O)c2cn(C3CC(n4cc(C)c(=O)[nH]c4=O)OC3CO)nn2)cc1. The lowest BCUT2D eigenvalue weighted by atomic mass is 10.0. The molecular formula is C30H31F2N7O7. The molecule has 0 saturated carbocycles. The number of H-pyrrole nitrogens is 1. The molecule has 0 spiro atoms. The van der Waals surface area contributed by atoms with E-state index in [1.54, 1.807) is 24.3 Å². The van der Waals surface area contributed by atoms with Crippen molar-refractivity contribution in [3.8, 4) is 5.75 Å². The fourth-order valence-electron chi connectivity index (χ4n) is 5.24. The summed E-state index contributed by atoms with van der Waals surface area (Å²) in [6.07, 6.45) is 0.858. The van der Waals surface area contributed by atoms with Gasteiger partial charge < -0.3 is 24.8 Å². The lowest BCUT2D eigenvalue weighted by Gasteiger charge is -2.25. The van der Waals surface area contributed by atoms with Crippen LogP contribution >= 0.6 is 0 Å². The highest BCUT2D eigenvalue weighted by Gasteiger charge is 2.39. The summed E-state index contributed by atoms with van der Waals surface area (Å²) in [6, 6.07) is 7.49. The maximum absolute atomic E-state index is 14.0. The van der Waals surface area contributed by atoms with E-state index in [9.17, 15) is 33.1 Å². The second-order valence-electron chi connectivity index (χ2n) is 10.8. The number of amides is 2. The molecule has 5 rings (SSSR count). The lowest BCUT2D eigenvalue weighted by Crippen LogP contribution is -2.49. The zero-order chi connectivity index (χ0) is 33.1. The molecule has 16 heteroatoms. The Balaban J connectivity index is 1.37. The minimum Gasteiger partial charge on any atom is -0.497 e. The van der Waals surface area contributed by atoms with Gasteiger partial charge in [0.2, 0.25) is 5.91 Å². The van der Waals surface area contributed by atoms with E-state index in [1.165, 1.54) is 47.6 Å². The number of carbonyl (C=O) groups is 2. The molecule has 2 amide bonds. The van der Waals surface area contributed by atoms with Gasteiger partial charge in [-0.3, -0.25) is 23.9 Å². The number of aromatic amines is 1. The number of halogens is 2. The first-order valence-corrected chi connectivity index (χ1v) is 14.1. The number of benzene rings is 2. The van der Waals surface area contributed by atoms with E-state index >= 15 is 0 Å². The second-order valence-corrected chi connectivity index (χ2v) is 10.8. The number of anilines is 1. The molecule has 2 aromatic carbocycles. The number of carbonyl (C=O) groups excluding carboxylic acids is 2. The number of rotatable bonds is 10. The first-order chi connectivity index (χ1) is 22.0. The van der Waals surface area contributed by atoms with E-state index in [4.69, 9.17) is 9.47 Å².